The third kappa shape index (κ3) is 4.34. The Hall–Kier alpha value is -2.86. The molecule has 2 N–H and O–H groups in total. The molecular formula is C22H26N2O4. The Labute approximate surface area is 165 Å². The fourth-order valence-corrected chi connectivity index (χ4v) is 3.61. The summed E-state index contributed by atoms with van der Waals surface area (Å²) in [5.41, 5.74) is 2.84. The minimum Gasteiger partial charge on any atom is -0.496 e. The number of carbonyl (C=O) groups is 2. The summed E-state index contributed by atoms with van der Waals surface area (Å²) in [4.78, 5) is 25.7. The second-order valence-corrected chi connectivity index (χ2v) is 7.05. The fraction of sp³-hybridized carbons (Fsp3) is 0.364. The standard InChI is InChI=1S/C22H26N2O4/c1-24(21(25)18-7-5-13-23-18)19(22(26)27)14-15-9-11-16(12-10-15)17-6-3-4-8-20(17)28-2/h3-4,6,8-12,18-19,23H,5,7,13-14H2,1-2H3,(H,26,27)/t18-,19-/m0/s1. The van der Waals surface area contributed by atoms with Crippen LogP contribution in [0, 0.1) is 0 Å². The Balaban J connectivity index is 1.75. The molecule has 0 aromatic heterocycles. The molecule has 1 fully saturated rings. The lowest BCUT2D eigenvalue weighted by Gasteiger charge is -2.27. The van der Waals surface area contributed by atoms with Crippen LogP contribution >= 0.6 is 0 Å². The molecule has 6 nitrogen and oxygen atoms in total. The monoisotopic (exact) mass is 382 g/mol. The van der Waals surface area contributed by atoms with Gasteiger partial charge in [-0.05, 0) is 36.6 Å². The number of carbonyl (C=O) groups excluding carboxylic acids is 1. The highest BCUT2D eigenvalue weighted by Crippen LogP contribution is 2.29. The smallest absolute Gasteiger partial charge is 0.326 e. The van der Waals surface area contributed by atoms with E-state index in [4.69, 9.17) is 4.74 Å². The van der Waals surface area contributed by atoms with Crippen molar-refractivity contribution < 1.29 is 19.4 Å². The van der Waals surface area contributed by atoms with E-state index in [0.29, 0.717) is 0 Å². The van der Waals surface area contributed by atoms with E-state index in [-0.39, 0.29) is 18.4 Å². The molecule has 0 bridgehead atoms. The first kappa shape index (κ1) is 19.9. The number of amides is 1. The molecule has 1 amide bonds. The lowest BCUT2D eigenvalue weighted by Crippen LogP contribution is -2.50. The predicted octanol–water partition coefficient (Wildman–Crippen LogP) is 2.57. The summed E-state index contributed by atoms with van der Waals surface area (Å²) in [5, 5.41) is 12.8. The number of nitrogens with zero attached hydrogens (tertiary/aromatic N) is 1. The fourth-order valence-electron chi connectivity index (χ4n) is 3.61. The average Bonchev–Trinajstić information content (AvgIpc) is 3.26. The van der Waals surface area contributed by atoms with Crippen molar-refractivity contribution in [3.63, 3.8) is 0 Å². The van der Waals surface area contributed by atoms with Crippen LogP contribution in [-0.4, -0.2) is 54.7 Å². The van der Waals surface area contributed by atoms with Gasteiger partial charge in [-0.1, -0.05) is 42.5 Å². The molecule has 0 spiro atoms. The van der Waals surface area contributed by atoms with Gasteiger partial charge in [0.15, 0.2) is 0 Å². The van der Waals surface area contributed by atoms with Crippen molar-refractivity contribution in [2.75, 3.05) is 20.7 Å². The summed E-state index contributed by atoms with van der Waals surface area (Å²) in [6.07, 6.45) is 1.95. The SMILES string of the molecule is COc1ccccc1-c1ccc(C[C@@H](C(=O)O)N(C)C(=O)[C@@H]2CCCN2)cc1. The van der Waals surface area contributed by atoms with Crippen molar-refractivity contribution in [2.45, 2.75) is 31.3 Å². The average molecular weight is 382 g/mol. The summed E-state index contributed by atoms with van der Waals surface area (Å²) in [5.74, 6) is -0.369. The Morgan fingerprint density at radius 3 is 2.54 bits per heavy atom. The first-order valence-electron chi connectivity index (χ1n) is 9.46. The van der Waals surface area contributed by atoms with Crippen LogP contribution < -0.4 is 10.1 Å². The first-order valence-corrected chi connectivity index (χ1v) is 9.46. The van der Waals surface area contributed by atoms with Gasteiger partial charge in [0.2, 0.25) is 5.91 Å². The van der Waals surface area contributed by atoms with E-state index in [2.05, 4.69) is 5.32 Å². The number of aliphatic carboxylic acids is 1. The summed E-state index contributed by atoms with van der Waals surface area (Å²) in [6, 6.07) is 14.3. The van der Waals surface area contributed by atoms with Crippen LogP contribution in [0.3, 0.4) is 0 Å². The van der Waals surface area contributed by atoms with Gasteiger partial charge in [-0.15, -0.1) is 0 Å². The number of carboxylic acids is 1. The Morgan fingerprint density at radius 2 is 1.93 bits per heavy atom. The molecule has 2 atom stereocenters. The molecule has 1 aliphatic rings. The number of benzene rings is 2. The maximum absolute atomic E-state index is 12.6. The zero-order valence-corrected chi connectivity index (χ0v) is 16.2. The number of nitrogens with one attached hydrogen (secondary N) is 1. The highest BCUT2D eigenvalue weighted by Gasteiger charge is 2.32. The van der Waals surface area contributed by atoms with E-state index in [1.54, 1.807) is 14.2 Å². The van der Waals surface area contributed by atoms with E-state index >= 15 is 0 Å². The molecule has 0 saturated carbocycles. The topological polar surface area (TPSA) is 78.9 Å². The molecule has 1 saturated heterocycles. The van der Waals surface area contributed by atoms with Gasteiger partial charge < -0.3 is 20.1 Å². The largest absolute Gasteiger partial charge is 0.496 e. The molecule has 2 aromatic rings. The second-order valence-electron chi connectivity index (χ2n) is 7.05. The zero-order valence-electron chi connectivity index (χ0n) is 16.2. The molecule has 2 aromatic carbocycles. The summed E-state index contributed by atoms with van der Waals surface area (Å²) < 4.78 is 5.40. The van der Waals surface area contributed by atoms with Crippen LogP contribution in [0.5, 0.6) is 5.75 Å². The van der Waals surface area contributed by atoms with Crippen molar-refractivity contribution in [3.05, 3.63) is 54.1 Å². The minimum absolute atomic E-state index is 0.157. The molecule has 3 rings (SSSR count). The number of hydrogen-bond acceptors (Lipinski definition) is 4. The Kier molecular flexibility index (Phi) is 6.31. The molecule has 28 heavy (non-hydrogen) atoms. The van der Waals surface area contributed by atoms with Crippen LogP contribution in [-0.2, 0) is 16.0 Å². The van der Waals surface area contributed by atoms with Gasteiger partial charge in [-0.3, -0.25) is 4.79 Å². The Morgan fingerprint density at radius 1 is 1.21 bits per heavy atom. The normalized spacial score (nSPS) is 17.1. The lowest BCUT2D eigenvalue weighted by molar-refractivity contribution is -0.149. The van der Waals surface area contributed by atoms with Crippen molar-refractivity contribution >= 4 is 11.9 Å². The number of methoxy groups -OCH3 is 1. The molecule has 148 valence electrons. The third-order valence-corrected chi connectivity index (χ3v) is 5.26. The molecular weight excluding hydrogens is 356 g/mol. The van der Waals surface area contributed by atoms with Crippen molar-refractivity contribution in [1.29, 1.82) is 0 Å². The van der Waals surface area contributed by atoms with Crippen molar-refractivity contribution in [3.8, 4) is 16.9 Å². The number of carboxylic acid groups (broad SMARTS) is 1. The number of rotatable bonds is 7. The van der Waals surface area contributed by atoms with Gasteiger partial charge in [0, 0.05) is 19.0 Å². The van der Waals surface area contributed by atoms with Crippen LogP contribution in [0.25, 0.3) is 11.1 Å². The maximum atomic E-state index is 12.6. The quantitative estimate of drug-likeness (QED) is 0.770. The number of likely N-dealkylation sites (N-methyl/N-ethyl adjacent to an activating group) is 1. The van der Waals surface area contributed by atoms with E-state index in [0.717, 1.165) is 41.8 Å². The molecule has 0 unspecified atom stereocenters. The first-order chi connectivity index (χ1) is 13.5. The number of para-hydroxylation sites is 1. The third-order valence-electron chi connectivity index (χ3n) is 5.26. The van der Waals surface area contributed by atoms with Gasteiger partial charge in [0.1, 0.15) is 11.8 Å². The lowest BCUT2D eigenvalue weighted by atomic mass is 9.99. The number of hydrogen-bond donors (Lipinski definition) is 2. The minimum atomic E-state index is -0.998. The molecule has 1 aliphatic heterocycles. The predicted molar refractivity (Wildman–Crippen MR) is 107 cm³/mol. The van der Waals surface area contributed by atoms with Gasteiger partial charge in [-0.25, -0.2) is 4.79 Å². The summed E-state index contributed by atoms with van der Waals surface area (Å²) in [6.45, 7) is 0.798. The van der Waals surface area contributed by atoms with Gasteiger partial charge in [-0.2, -0.15) is 0 Å². The van der Waals surface area contributed by atoms with Crippen LogP contribution in [0.15, 0.2) is 48.5 Å². The van der Waals surface area contributed by atoms with Crippen molar-refractivity contribution in [2.24, 2.45) is 0 Å². The van der Waals surface area contributed by atoms with Crippen LogP contribution in [0.4, 0.5) is 0 Å². The van der Waals surface area contributed by atoms with Crippen molar-refractivity contribution in [1.82, 2.24) is 10.2 Å². The Bertz CT molecular complexity index is 829. The van der Waals surface area contributed by atoms with E-state index in [9.17, 15) is 14.7 Å². The molecule has 6 heteroatoms. The molecule has 0 radical (unpaired) electrons. The molecule has 0 aliphatic carbocycles. The van der Waals surface area contributed by atoms with Crippen LogP contribution in [0.2, 0.25) is 0 Å². The summed E-state index contributed by atoms with van der Waals surface area (Å²) in [7, 11) is 3.21. The van der Waals surface area contributed by atoms with Gasteiger partial charge in [0.25, 0.3) is 0 Å². The maximum Gasteiger partial charge on any atom is 0.326 e. The van der Waals surface area contributed by atoms with E-state index in [1.165, 1.54) is 4.90 Å². The van der Waals surface area contributed by atoms with Gasteiger partial charge >= 0.3 is 5.97 Å². The summed E-state index contributed by atoms with van der Waals surface area (Å²) >= 11 is 0. The van der Waals surface area contributed by atoms with E-state index < -0.39 is 12.0 Å². The number of ether oxygens (including phenoxy) is 1. The molecule has 1 heterocycles. The second kappa shape index (κ2) is 8.89. The zero-order chi connectivity index (χ0) is 20.1. The highest BCUT2D eigenvalue weighted by atomic mass is 16.5. The van der Waals surface area contributed by atoms with Gasteiger partial charge in [0.05, 0.1) is 13.2 Å². The highest BCUT2D eigenvalue weighted by molar-refractivity contribution is 5.87. The van der Waals surface area contributed by atoms with E-state index in [1.807, 2.05) is 48.5 Å². The van der Waals surface area contributed by atoms with Crippen LogP contribution in [0.1, 0.15) is 18.4 Å².